The molecule has 0 aliphatic heterocycles. The first-order chi connectivity index (χ1) is 8.74. The number of rotatable bonds is 7. The lowest BCUT2D eigenvalue weighted by Crippen LogP contribution is -2.40. The van der Waals surface area contributed by atoms with Gasteiger partial charge < -0.3 is 14.8 Å². The van der Waals surface area contributed by atoms with Gasteiger partial charge in [0.05, 0.1) is 19.3 Å². The van der Waals surface area contributed by atoms with Gasteiger partial charge in [-0.05, 0) is 25.8 Å². The topological polar surface area (TPSA) is 30.5 Å². The second kappa shape index (κ2) is 9.76. The van der Waals surface area contributed by atoms with Crippen LogP contribution in [0.3, 0.4) is 0 Å². The van der Waals surface area contributed by atoms with Gasteiger partial charge in [-0.15, -0.1) is 0 Å². The predicted octanol–water partition coefficient (Wildman–Crippen LogP) is 2.99. The molecule has 1 saturated carbocycles. The van der Waals surface area contributed by atoms with Gasteiger partial charge in [0.1, 0.15) is 0 Å². The number of ether oxygens (including phenoxy) is 2. The molecule has 3 heteroatoms. The van der Waals surface area contributed by atoms with Gasteiger partial charge in [0, 0.05) is 12.6 Å². The van der Waals surface area contributed by atoms with E-state index in [2.05, 4.69) is 26.2 Å². The molecule has 1 fully saturated rings. The SMILES string of the molecule is CNC1CCCCCCC1OCCOCC(C)C. The van der Waals surface area contributed by atoms with Gasteiger partial charge in [0.25, 0.3) is 0 Å². The zero-order chi connectivity index (χ0) is 13.2. The summed E-state index contributed by atoms with van der Waals surface area (Å²) in [7, 11) is 2.05. The summed E-state index contributed by atoms with van der Waals surface area (Å²) in [6.45, 7) is 6.64. The molecule has 2 unspecified atom stereocenters. The Labute approximate surface area is 113 Å². The predicted molar refractivity (Wildman–Crippen MR) is 75.9 cm³/mol. The van der Waals surface area contributed by atoms with Gasteiger partial charge in [-0.25, -0.2) is 0 Å². The number of hydrogen-bond donors (Lipinski definition) is 1. The molecule has 108 valence electrons. The van der Waals surface area contributed by atoms with Crippen molar-refractivity contribution in [2.75, 3.05) is 26.9 Å². The summed E-state index contributed by atoms with van der Waals surface area (Å²) in [5.74, 6) is 0.608. The van der Waals surface area contributed by atoms with Gasteiger partial charge in [-0.2, -0.15) is 0 Å². The third kappa shape index (κ3) is 6.72. The minimum Gasteiger partial charge on any atom is -0.379 e. The summed E-state index contributed by atoms with van der Waals surface area (Å²) in [5, 5.41) is 3.42. The van der Waals surface area contributed by atoms with Crippen LogP contribution in [0.25, 0.3) is 0 Å². The van der Waals surface area contributed by atoms with E-state index in [1.54, 1.807) is 0 Å². The van der Waals surface area contributed by atoms with Crippen molar-refractivity contribution in [3.8, 4) is 0 Å². The molecule has 1 aliphatic rings. The van der Waals surface area contributed by atoms with E-state index < -0.39 is 0 Å². The van der Waals surface area contributed by atoms with Crippen LogP contribution in [0.5, 0.6) is 0 Å². The Morgan fingerprint density at radius 3 is 2.44 bits per heavy atom. The largest absolute Gasteiger partial charge is 0.379 e. The molecule has 0 heterocycles. The second-order valence-electron chi connectivity index (χ2n) is 5.76. The molecule has 1 rings (SSSR count). The Bertz CT molecular complexity index is 197. The van der Waals surface area contributed by atoms with Crippen LogP contribution in [0.4, 0.5) is 0 Å². The fourth-order valence-electron chi connectivity index (χ4n) is 2.56. The highest BCUT2D eigenvalue weighted by Crippen LogP contribution is 2.20. The van der Waals surface area contributed by atoms with Crippen LogP contribution < -0.4 is 5.32 Å². The highest BCUT2D eigenvalue weighted by atomic mass is 16.5. The molecule has 3 nitrogen and oxygen atoms in total. The summed E-state index contributed by atoms with van der Waals surface area (Å²) in [5.41, 5.74) is 0. The summed E-state index contributed by atoms with van der Waals surface area (Å²) in [6.07, 6.45) is 8.18. The van der Waals surface area contributed by atoms with E-state index in [1.807, 2.05) is 0 Å². The quantitative estimate of drug-likeness (QED) is 0.711. The van der Waals surface area contributed by atoms with Crippen LogP contribution >= 0.6 is 0 Å². The molecule has 0 aromatic heterocycles. The molecule has 0 aromatic carbocycles. The first-order valence-corrected chi connectivity index (χ1v) is 7.60. The summed E-state index contributed by atoms with van der Waals surface area (Å²) in [4.78, 5) is 0. The van der Waals surface area contributed by atoms with E-state index in [1.165, 1.54) is 38.5 Å². The first kappa shape index (κ1) is 15.9. The average Bonchev–Trinajstić information content (AvgIpc) is 2.31. The van der Waals surface area contributed by atoms with Gasteiger partial charge >= 0.3 is 0 Å². The minimum atomic E-state index is 0.373. The molecule has 0 bridgehead atoms. The smallest absolute Gasteiger partial charge is 0.0729 e. The molecule has 0 spiro atoms. The molecular formula is C15H31NO2. The Morgan fingerprint density at radius 2 is 1.78 bits per heavy atom. The zero-order valence-corrected chi connectivity index (χ0v) is 12.4. The van der Waals surface area contributed by atoms with Crippen molar-refractivity contribution in [2.45, 2.75) is 64.5 Å². The number of nitrogens with one attached hydrogen (secondary N) is 1. The molecule has 0 saturated heterocycles. The van der Waals surface area contributed by atoms with E-state index in [9.17, 15) is 0 Å². The number of hydrogen-bond acceptors (Lipinski definition) is 3. The van der Waals surface area contributed by atoms with Crippen LogP contribution in [0.2, 0.25) is 0 Å². The summed E-state index contributed by atoms with van der Waals surface area (Å²) < 4.78 is 11.6. The molecule has 0 amide bonds. The van der Waals surface area contributed by atoms with Crippen molar-refractivity contribution in [2.24, 2.45) is 5.92 Å². The molecule has 1 N–H and O–H groups in total. The van der Waals surface area contributed by atoms with Crippen molar-refractivity contribution in [1.29, 1.82) is 0 Å². The van der Waals surface area contributed by atoms with Crippen molar-refractivity contribution in [3.05, 3.63) is 0 Å². The Morgan fingerprint density at radius 1 is 1.06 bits per heavy atom. The van der Waals surface area contributed by atoms with Crippen molar-refractivity contribution < 1.29 is 9.47 Å². The summed E-state index contributed by atoms with van der Waals surface area (Å²) in [6, 6.07) is 0.524. The standard InChI is InChI=1S/C15H31NO2/c1-13(2)12-17-10-11-18-15-9-7-5-4-6-8-14(15)16-3/h13-16H,4-12H2,1-3H3. The maximum Gasteiger partial charge on any atom is 0.0729 e. The first-order valence-electron chi connectivity index (χ1n) is 7.60. The van der Waals surface area contributed by atoms with E-state index in [0.717, 1.165) is 19.8 Å². The van der Waals surface area contributed by atoms with Crippen molar-refractivity contribution in [3.63, 3.8) is 0 Å². The maximum absolute atomic E-state index is 6.02. The van der Waals surface area contributed by atoms with Crippen molar-refractivity contribution >= 4 is 0 Å². The lowest BCUT2D eigenvalue weighted by molar-refractivity contribution is -0.0223. The van der Waals surface area contributed by atoms with Crippen LogP contribution in [0, 0.1) is 5.92 Å². The Hall–Kier alpha value is -0.120. The Kier molecular flexibility index (Phi) is 8.64. The molecular weight excluding hydrogens is 226 g/mol. The summed E-state index contributed by atoms with van der Waals surface area (Å²) >= 11 is 0. The van der Waals surface area contributed by atoms with Crippen LogP contribution in [-0.4, -0.2) is 39.0 Å². The molecule has 2 atom stereocenters. The molecule has 0 aromatic rings. The molecule has 1 aliphatic carbocycles. The van der Waals surface area contributed by atoms with Crippen LogP contribution in [0.1, 0.15) is 52.4 Å². The number of likely N-dealkylation sites (N-methyl/N-ethyl adjacent to an activating group) is 1. The monoisotopic (exact) mass is 257 g/mol. The lowest BCUT2D eigenvalue weighted by Gasteiger charge is -2.29. The fraction of sp³-hybridized carbons (Fsp3) is 1.00. The highest BCUT2D eigenvalue weighted by molar-refractivity contribution is 4.78. The van der Waals surface area contributed by atoms with Crippen LogP contribution in [-0.2, 0) is 9.47 Å². The molecule has 0 radical (unpaired) electrons. The van der Waals surface area contributed by atoms with Gasteiger partial charge in [-0.1, -0.05) is 39.5 Å². The zero-order valence-electron chi connectivity index (χ0n) is 12.4. The third-order valence-electron chi connectivity index (χ3n) is 3.58. The third-order valence-corrected chi connectivity index (χ3v) is 3.58. The van der Waals surface area contributed by atoms with E-state index in [0.29, 0.717) is 18.1 Å². The van der Waals surface area contributed by atoms with Gasteiger partial charge in [0.15, 0.2) is 0 Å². The van der Waals surface area contributed by atoms with Gasteiger partial charge in [-0.3, -0.25) is 0 Å². The van der Waals surface area contributed by atoms with E-state index in [4.69, 9.17) is 9.47 Å². The fourth-order valence-corrected chi connectivity index (χ4v) is 2.56. The second-order valence-corrected chi connectivity index (χ2v) is 5.76. The highest BCUT2D eigenvalue weighted by Gasteiger charge is 2.21. The van der Waals surface area contributed by atoms with Crippen molar-refractivity contribution in [1.82, 2.24) is 5.32 Å². The normalized spacial score (nSPS) is 26.0. The Balaban J connectivity index is 2.19. The molecule has 18 heavy (non-hydrogen) atoms. The maximum atomic E-state index is 6.02. The van der Waals surface area contributed by atoms with E-state index in [-0.39, 0.29) is 0 Å². The minimum absolute atomic E-state index is 0.373. The van der Waals surface area contributed by atoms with Crippen LogP contribution in [0.15, 0.2) is 0 Å². The van der Waals surface area contributed by atoms with E-state index >= 15 is 0 Å². The van der Waals surface area contributed by atoms with Gasteiger partial charge in [0.2, 0.25) is 0 Å². The lowest BCUT2D eigenvalue weighted by atomic mass is 9.94. The average molecular weight is 257 g/mol.